The SMILES string of the molecule is C[Si](C)(C)c1ccc(CN2CCN(CC3CC3)CC2)cc1. The van der Waals surface area contributed by atoms with Crippen molar-refractivity contribution in [1.29, 1.82) is 0 Å². The fourth-order valence-electron chi connectivity index (χ4n) is 3.16. The van der Waals surface area contributed by atoms with Gasteiger partial charge in [0.25, 0.3) is 0 Å². The molecule has 1 heterocycles. The van der Waals surface area contributed by atoms with Crippen LogP contribution in [0.25, 0.3) is 0 Å². The van der Waals surface area contributed by atoms with E-state index in [0.717, 1.165) is 12.5 Å². The third kappa shape index (κ3) is 4.41. The number of hydrogen-bond donors (Lipinski definition) is 0. The van der Waals surface area contributed by atoms with E-state index in [4.69, 9.17) is 0 Å². The van der Waals surface area contributed by atoms with E-state index in [1.54, 1.807) is 5.19 Å². The molecule has 1 saturated carbocycles. The molecule has 3 rings (SSSR count). The summed E-state index contributed by atoms with van der Waals surface area (Å²) in [7, 11) is -1.15. The van der Waals surface area contributed by atoms with Gasteiger partial charge >= 0.3 is 0 Å². The molecule has 2 aliphatic rings. The van der Waals surface area contributed by atoms with Crippen LogP contribution in [0.15, 0.2) is 24.3 Å². The molecule has 1 aromatic rings. The highest BCUT2D eigenvalue weighted by Crippen LogP contribution is 2.29. The molecule has 1 aliphatic heterocycles. The number of hydrogen-bond acceptors (Lipinski definition) is 2. The average Bonchev–Trinajstić information content (AvgIpc) is 3.25. The minimum absolute atomic E-state index is 1.03. The van der Waals surface area contributed by atoms with Crippen LogP contribution < -0.4 is 5.19 Å². The first kappa shape index (κ1) is 15.3. The van der Waals surface area contributed by atoms with Crippen LogP contribution >= 0.6 is 0 Å². The molecule has 2 fully saturated rings. The third-order valence-corrected chi connectivity index (χ3v) is 6.97. The first-order valence-corrected chi connectivity index (χ1v) is 12.0. The van der Waals surface area contributed by atoms with Crippen LogP contribution in [-0.4, -0.2) is 50.6 Å². The Hall–Kier alpha value is -0.643. The molecule has 2 nitrogen and oxygen atoms in total. The molecule has 1 aromatic carbocycles. The van der Waals surface area contributed by atoms with E-state index in [-0.39, 0.29) is 0 Å². The number of nitrogens with zero attached hydrogens (tertiary/aromatic N) is 2. The molecular formula is C18H30N2Si. The first-order chi connectivity index (χ1) is 10.0. The van der Waals surface area contributed by atoms with E-state index in [1.165, 1.54) is 51.1 Å². The summed E-state index contributed by atoms with van der Waals surface area (Å²) in [6.45, 7) is 14.8. The van der Waals surface area contributed by atoms with E-state index in [1.807, 2.05) is 0 Å². The van der Waals surface area contributed by atoms with Crippen molar-refractivity contribution in [3.05, 3.63) is 29.8 Å². The van der Waals surface area contributed by atoms with Gasteiger partial charge in [0.1, 0.15) is 0 Å². The molecular weight excluding hydrogens is 272 g/mol. The van der Waals surface area contributed by atoms with Crippen LogP contribution in [0.1, 0.15) is 18.4 Å². The zero-order valence-electron chi connectivity index (χ0n) is 13.9. The molecule has 0 unspecified atom stereocenters. The molecule has 21 heavy (non-hydrogen) atoms. The van der Waals surface area contributed by atoms with Gasteiger partial charge < -0.3 is 4.90 Å². The summed E-state index contributed by atoms with van der Waals surface area (Å²) >= 11 is 0. The molecule has 0 N–H and O–H groups in total. The van der Waals surface area contributed by atoms with Crippen molar-refractivity contribution in [3.63, 3.8) is 0 Å². The standard InChI is InChI=1S/C18H30N2Si/c1-21(2,3)18-8-6-17(7-9-18)15-20-12-10-19(11-13-20)14-16-4-5-16/h6-9,16H,4-5,10-15H2,1-3H3. The maximum Gasteiger partial charge on any atom is 0.0775 e. The van der Waals surface area contributed by atoms with E-state index >= 15 is 0 Å². The van der Waals surface area contributed by atoms with Gasteiger partial charge in [-0.15, -0.1) is 0 Å². The number of piperazine rings is 1. The lowest BCUT2D eigenvalue weighted by Crippen LogP contribution is -2.46. The second kappa shape index (κ2) is 6.23. The summed E-state index contributed by atoms with van der Waals surface area (Å²) in [5, 5.41) is 1.57. The number of benzene rings is 1. The lowest BCUT2D eigenvalue weighted by molar-refractivity contribution is 0.123. The highest BCUT2D eigenvalue weighted by Gasteiger charge is 2.26. The molecule has 3 heteroatoms. The van der Waals surface area contributed by atoms with Crippen LogP contribution in [0.4, 0.5) is 0 Å². The van der Waals surface area contributed by atoms with Gasteiger partial charge in [-0.2, -0.15) is 0 Å². The molecule has 0 radical (unpaired) electrons. The number of rotatable bonds is 5. The predicted octanol–water partition coefficient (Wildman–Crippen LogP) is 2.76. The minimum atomic E-state index is -1.15. The molecule has 0 aromatic heterocycles. The van der Waals surface area contributed by atoms with Crippen molar-refractivity contribution in [2.75, 3.05) is 32.7 Å². The summed E-state index contributed by atoms with van der Waals surface area (Å²) < 4.78 is 0. The molecule has 0 spiro atoms. The Labute approximate surface area is 131 Å². The highest BCUT2D eigenvalue weighted by atomic mass is 28.3. The molecule has 0 amide bonds. The Morgan fingerprint density at radius 1 is 0.905 bits per heavy atom. The van der Waals surface area contributed by atoms with Gasteiger partial charge in [-0.3, -0.25) is 4.90 Å². The minimum Gasteiger partial charge on any atom is -0.301 e. The molecule has 0 atom stereocenters. The lowest BCUT2D eigenvalue weighted by Gasteiger charge is -2.34. The Morgan fingerprint density at radius 3 is 2.00 bits per heavy atom. The van der Waals surface area contributed by atoms with Gasteiger partial charge in [-0.25, -0.2) is 0 Å². The third-order valence-electron chi connectivity index (χ3n) is 4.90. The lowest BCUT2D eigenvalue weighted by atomic mass is 10.2. The van der Waals surface area contributed by atoms with Crippen LogP contribution in [0, 0.1) is 5.92 Å². The van der Waals surface area contributed by atoms with Gasteiger partial charge in [0.05, 0.1) is 8.07 Å². The van der Waals surface area contributed by atoms with Crippen molar-refractivity contribution in [3.8, 4) is 0 Å². The Balaban J connectivity index is 1.48. The van der Waals surface area contributed by atoms with Gasteiger partial charge in [-0.1, -0.05) is 49.1 Å². The van der Waals surface area contributed by atoms with Crippen molar-refractivity contribution in [2.24, 2.45) is 5.92 Å². The van der Waals surface area contributed by atoms with Gasteiger partial charge in [-0.05, 0) is 24.3 Å². The topological polar surface area (TPSA) is 6.48 Å². The smallest absolute Gasteiger partial charge is 0.0775 e. The summed E-state index contributed by atoms with van der Waals surface area (Å²) in [6.07, 6.45) is 2.95. The van der Waals surface area contributed by atoms with Crippen molar-refractivity contribution >= 4 is 13.3 Å². The fourth-order valence-corrected chi connectivity index (χ4v) is 4.33. The normalized spacial score (nSPS) is 21.7. The van der Waals surface area contributed by atoms with E-state index in [0.29, 0.717) is 0 Å². The Kier molecular flexibility index (Phi) is 4.53. The largest absolute Gasteiger partial charge is 0.301 e. The maximum absolute atomic E-state index is 2.67. The molecule has 1 aliphatic carbocycles. The Morgan fingerprint density at radius 2 is 1.48 bits per heavy atom. The van der Waals surface area contributed by atoms with Crippen molar-refractivity contribution in [2.45, 2.75) is 39.0 Å². The average molecular weight is 303 g/mol. The zero-order valence-corrected chi connectivity index (χ0v) is 14.9. The predicted molar refractivity (Wildman–Crippen MR) is 93.9 cm³/mol. The van der Waals surface area contributed by atoms with Gasteiger partial charge in [0.2, 0.25) is 0 Å². The van der Waals surface area contributed by atoms with Crippen molar-refractivity contribution < 1.29 is 0 Å². The zero-order chi connectivity index (χ0) is 14.9. The maximum atomic E-state index is 2.67. The fraction of sp³-hybridized carbons (Fsp3) is 0.667. The van der Waals surface area contributed by atoms with Gasteiger partial charge in [0, 0.05) is 39.3 Å². The van der Waals surface area contributed by atoms with Gasteiger partial charge in [0.15, 0.2) is 0 Å². The monoisotopic (exact) mass is 302 g/mol. The molecule has 0 bridgehead atoms. The van der Waals surface area contributed by atoms with Crippen LogP contribution in [0.5, 0.6) is 0 Å². The van der Waals surface area contributed by atoms with E-state index < -0.39 is 8.07 Å². The van der Waals surface area contributed by atoms with Crippen LogP contribution in [0.3, 0.4) is 0 Å². The molecule has 1 saturated heterocycles. The Bertz CT molecular complexity index is 451. The summed E-state index contributed by atoms with van der Waals surface area (Å²) in [6, 6.07) is 9.43. The summed E-state index contributed by atoms with van der Waals surface area (Å²) in [5.74, 6) is 1.03. The second-order valence-electron chi connectivity index (χ2n) is 7.97. The van der Waals surface area contributed by atoms with Crippen LogP contribution in [0.2, 0.25) is 19.6 Å². The quantitative estimate of drug-likeness (QED) is 0.772. The second-order valence-corrected chi connectivity index (χ2v) is 13.0. The first-order valence-electron chi connectivity index (χ1n) is 8.55. The van der Waals surface area contributed by atoms with E-state index in [9.17, 15) is 0 Å². The van der Waals surface area contributed by atoms with E-state index in [2.05, 4.69) is 53.7 Å². The summed E-state index contributed by atoms with van der Waals surface area (Å²) in [4.78, 5) is 5.29. The summed E-state index contributed by atoms with van der Waals surface area (Å²) in [5.41, 5.74) is 1.48. The molecule has 116 valence electrons. The van der Waals surface area contributed by atoms with Crippen LogP contribution in [-0.2, 0) is 6.54 Å². The highest BCUT2D eigenvalue weighted by molar-refractivity contribution is 6.88. The van der Waals surface area contributed by atoms with Crippen molar-refractivity contribution in [1.82, 2.24) is 9.80 Å².